The predicted octanol–water partition coefficient (Wildman–Crippen LogP) is 5.22. The summed E-state index contributed by atoms with van der Waals surface area (Å²) in [6.45, 7) is 2.69. The molecule has 0 aliphatic rings. The normalized spacial score (nSPS) is 11.7. The highest BCUT2D eigenvalue weighted by molar-refractivity contribution is 7.07. The average molecular weight is 440 g/mol. The maximum Gasteiger partial charge on any atom is 0.342 e. The van der Waals surface area contributed by atoms with E-state index in [9.17, 15) is 10.1 Å². The molecule has 0 N–H and O–H groups in total. The highest BCUT2D eigenvalue weighted by atomic mass is 35.5. The number of halogens is 1. The van der Waals surface area contributed by atoms with Crippen molar-refractivity contribution in [3.05, 3.63) is 91.9 Å². The third-order valence-corrected chi connectivity index (χ3v) is 5.80. The van der Waals surface area contributed by atoms with Crippen LogP contribution in [0.5, 0.6) is 0 Å². The van der Waals surface area contributed by atoms with Crippen molar-refractivity contribution >= 4 is 34.4 Å². The van der Waals surface area contributed by atoms with Gasteiger partial charge in [-0.3, -0.25) is 0 Å². The van der Waals surface area contributed by atoms with Crippen molar-refractivity contribution < 1.29 is 4.92 Å². The Morgan fingerprint density at radius 3 is 2.50 bits per heavy atom. The monoisotopic (exact) mass is 439 g/mol. The van der Waals surface area contributed by atoms with Crippen LogP contribution >= 0.6 is 22.9 Å². The van der Waals surface area contributed by atoms with Crippen molar-refractivity contribution in [1.82, 2.24) is 14.1 Å². The fraction of sp³-hybridized carbons (Fsp3) is 0.143. The van der Waals surface area contributed by atoms with E-state index < -0.39 is 4.92 Å². The summed E-state index contributed by atoms with van der Waals surface area (Å²) in [5.41, 5.74) is 2.86. The Balaban J connectivity index is 1.76. The molecule has 4 rings (SSSR count). The van der Waals surface area contributed by atoms with Gasteiger partial charge in [-0.1, -0.05) is 41.9 Å². The molecule has 30 heavy (non-hydrogen) atoms. The van der Waals surface area contributed by atoms with Crippen LogP contribution < -0.4 is 4.80 Å². The minimum atomic E-state index is -0.407. The number of nitrogens with zero attached hydrogens (tertiary/aromatic N) is 5. The molecule has 0 aliphatic carbocycles. The van der Waals surface area contributed by atoms with Gasteiger partial charge in [0.15, 0.2) is 10.6 Å². The summed E-state index contributed by atoms with van der Waals surface area (Å²) < 4.78 is 3.70. The molecule has 0 amide bonds. The van der Waals surface area contributed by atoms with Crippen LogP contribution in [0, 0.1) is 17.0 Å². The summed E-state index contributed by atoms with van der Waals surface area (Å²) >= 11 is 7.51. The van der Waals surface area contributed by atoms with Gasteiger partial charge in [-0.15, -0.1) is 11.3 Å². The van der Waals surface area contributed by atoms with Crippen LogP contribution in [0.1, 0.15) is 5.82 Å². The van der Waals surface area contributed by atoms with E-state index in [-0.39, 0.29) is 5.82 Å². The molecule has 2 aromatic heterocycles. The van der Waals surface area contributed by atoms with Crippen molar-refractivity contribution in [2.75, 3.05) is 0 Å². The van der Waals surface area contributed by atoms with Crippen LogP contribution in [0.4, 0.5) is 11.5 Å². The number of aryl methyl sites for hydroxylation is 1. The molecule has 0 aliphatic heterocycles. The fourth-order valence-corrected chi connectivity index (χ4v) is 4.26. The van der Waals surface area contributed by atoms with E-state index in [1.807, 2.05) is 42.5 Å². The second kappa shape index (κ2) is 8.64. The predicted molar refractivity (Wildman–Crippen MR) is 118 cm³/mol. The minimum absolute atomic E-state index is 0.0132. The summed E-state index contributed by atoms with van der Waals surface area (Å²) in [6.07, 6.45) is 1.30. The Morgan fingerprint density at radius 2 is 1.80 bits per heavy atom. The Hall–Kier alpha value is -3.23. The van der Waals surface area contributed by atoms with Crippen molar-refractivity contribution in [2.24, 2.45) is 4.99 Å². The van der Waals surface area contributed by atoms with Crippen LogP contribution in [0.15, 0.2) is 71.2 Å². The maximum absolute atomic E-state index is 11.3. The van der Waals surface area contributed by atoms with Crippen molar-refractivity contribution in [1.29, 1.82) is 0 Å². The first kappa shape index (κ1) is 20.1. The van der Waals surface area contributed by atoms with Crippen molar-refractivity contribution in [3.63, 3.8) is 0 Å². The van der Waals surface area contributed by atoms with E-state index in [1.165, 1.54) is 17.5 Å². The molecular formula is C21H18ClN5O2S. The minimum Gasteiger partial charge on any atom is -0.358 e. The highest BCUT2D eigenvalue weighted by Crippen LogP contribution is 2.22. The molecule has 0 spiro atoms. The van der Waals surface area contributed by atoms with Gasteiger partial charge in [0.1, 0.15) is 12.7 Å². The van der Waals surface area contributed by atoms with E-state index in [2.05, 4.69) is 14.9 Å². The van der Waals surface area contributed by atoms with Gasteiger partial charge in [0.25, 0.3) is 0 Å². The smallest absolute Gasteiger partial charge is 0.342 e. The molecular weight excluding hydrogens is 422 g/mol. The van der Waals surface area contributed by atoms with Gasteiger partial charge in [0, 0.05) is 17.3 Å². The van der Waals surface area contributed by atoms with E-state index >= 15 is 0 Å². The van der Waals surface area contributed by atoms with Crippen molar-refractivity contribution in [2.45, 2.75) is 20.0 Å². The number of thiazole rings is 1. The zero-order chi connectivity index (χ0) is 21.1. The highest BCUT2D eigenvalue weighted by Gasteiger charge is 2.18. The lowest BCUT2D eigenvalue weighted by Crippen LogP contribution is -2.20. The third-order valence-electron chi connectivity index (χ3n) is 4.69. The van der Waals surface area contributed by atoms with Gasteiger partial charge in [-0.05, 0) is 34.8 Å². The lowest BCUT2D eigenvalue weighted by molar-refractivity contribution is -0.392. The number of hydrogen-bond donors (Lipinski definition) is 0. The topological polar surface area (TPSA) is 78.2 Å². The van der Waals surface area contributed by atoms with Crippen molar-refractivity contribution in [3.8, 4) is 11.3 Å². The number of hydrogen-bond acceptors (Lipinski definition) is 5. The molecule has 0 fully saturated rings. The van der Waals surface area contributed by atoms with E-state index in [4.69, 9.17) is 16.6 Å². The first-order valence-corrected chi connectivity index (χ1v) is 10.5. The fourth-order valence-electron chi connectivity index (χ4n) is 3.18. The zero-order valence-corrected chi connectivity index (χ0v) is 17.7. The van der Waals surface area contributed by atoms with Crippen LogP contribution in [0.3, 0.4) is 0 Å². The second-order valence-electron chi connectivity index (χ2n) is 6.58. The third kappa shape index (κ3) is 4.19. The van der Waals surface area contributed by atoms with E-state index in [1.54, 1.807) is 23.6 Å². The first-order valence-electron chi connectivity index (χ1n) is 9.23. The zero-order valence-electron chi connectivity index (χ0n) is 16.1. The Kier molecular flexibility index (Phi) is 5.78. The maximum atomic E-state index is 11.3. The first-order chi connectivity index (χ1) is 14.5. The van der Waals surface area contributed by atoms with Gasteiger partial charge >= 0.3 is 5.82 Å². The number of rotatable bonds is 6. The molecule has 7 nitrogen and oxygen atoms in total. The largest absolute Gasteiger partial charge is 0.358 e. The quantitative estimate of drug-likeness (QED) is 0.305. The molecule has 4 aromatic rings. The molecule has 2 heterocycles. The molecule has 0 radical (unpaired) electrons. The Labute approximate surface area is 181 Å². The van der Waals surface area contributed by atoms with E-state index in [0.29, 0.717) is 23.9 Å². The van der Waals surface area contributed by atoms with Gasteiger partial charge in [-0.25, -0.2) is 14.5 Å². The molecule has 0 atom stereocenters. The summed E-state index contributed by atoms with van der Waals surface area (Å²) in [4.78, 5) is 20.6. The lowest BCUT2D eigenvalue weighted by atomic mass is 10.2. The standard InChI is InChI=1S/C21H18ClN5O2S/c1-15-23-13-20(27(28)29)25(15)11-12-26-19(16-5-3-2-4-6-16)14-30-21(26)24-18-9-7-17(22)8-10-18/h2-10,13-14H,11-12H2,1H3. The summed E-state index contributed by atoms with van der Waals surface area (Å²) in [5.74, 6) is 0.593. The molecule has 2 aromatic carbocycles. The second-order valence-corrected chi connectivity index (χ2v) is 7.85. The Morgan fingerprint density at radius 1 is 1.10 bits per heavy atom. The SMILES string of the molecule is Cc1ncc([N+](=O)[O-])n1CCn1c(-c2ccccc2)csc1=Nc1ccc(Cl)cc1. The van der Waals surface area contributed by atoms with Crippen LogP contribution in [0.25, 0.3) is 11.3 Å². The average Bonchev–Trinajstić information content (AvgIpc) is 3.32. The number of benzene rings is 2. The molecule has 0 saturated carbocycles. The van der Waals surface area contributed by atoms with Crippen LogP contribution in [-0.2, 0) is 13.1 Å². The summed E-state index contributed by atoms with van der Waals surface area (Å²) in [6, 6.07) is 17.3. The Bertz CT molecular complexity index is 1240. The van der Waals surface area contributed by atoms with Gasteiger partial charge < -0.3 is 14.7 Å². The molecule has 0 bridgehead atoms. The van der Waals surface area contributed by atoms with Crippen LogP contribution in [-0.4, -0.2) is 19.0 Å². The van der Waals surface area contributed by atoms with Gasteiger partial charge in [0.05, 0.1) is 17.9 Å². The van der Waals surface area contributed by atoms with Gasteiger partial charge in [-0.2, -0.15) is 0 Å². The number of aromatic nitrogens is 3. The molecule has 0 saturated heterocycles. The lowest BCUT2D eigenvalue weighted by Gasteiger charge is -2.09. The summed E-state index contributed by atoms with van der Waals surface area (Å²) in [5, 5.41) is 14.0. The number of imidazole rings is 1. The summed E-state index contributed by atoms with van der Waals surface area (Å²) in [7, 11) is 0. The number of nitro groups is 1. The molecule has 0 unspecified atom stereocenters. The van der Waals surface area contributed by atoms with Gasteiger partial charge in [0.2, 0.25) is 0 Å². The molecule has 9 heteroatoms. The molecule has 152 valence electrons. The van der Waals surface area contributed by atoms with E-state index in [0.717, 1.165) is 21.7 Å². The van der Waals surface area contributed by atoms with Crippen LogP contribution in [0.2, 0.25) is 5.02 Å².